The van der Waals surface area contributed by atoms with Crippen LogP contribution in [0.3, 0.4) is 0 Å². The molecule has 4 rings (SSSR count). The van der Waals surface area contributed by atoms with Crippen LogP contribution in [0.5, 0.6) is 0 Å². The number of aryl methyl sites for hydroxylation is 2. The van der Waals surface area contributed by atoms with Crippen molar-refractivity contribution in [3.8, 4) is 10.4 Å². The number of piperidine rings is 1. The number of likely N-dealkylation sites (tertiary alicyclic amines) is 1. The fraction of sp³-hybridized carbons (Fsp3) is 0.400. The summed E-state index contributed by atoms with van der Waals surface area (Å²) in [6, 6.07) is 10.5. The molecule has 1 fully saturated rings. The first-order valence-corrected chi connectivity index (χ1v) is 12.0. The van der Waals surface area contributed by atoms with Crippen LogP contribution in [0.2, 0.25) is 0 Å². The number of nitrogens with one attached hydrogen (secondary N) is 2. The maximum atomic E-state index is 13.4. The lowest BCUT2D eigenvalue weighted by Crippen LogP contribution is -2.41. The average molecular weight is 458 g/mol. The van der Waals surface area contributed by atoms with Gasteiger partial charge < -0.3 is 10.3 Å². The summed E-state index contributed by atoms with van der Waals surface area (Å²) < 4.78 is 26.8. The number of rotatable bonds is 7. The predicted octanol–water partition coefficient (Wildman–Crippen LogP) is 5.01. The first-order valence-electron chi connectivity index (χ1n) is 11.1. The van der Waals surface area contributed by atoms with Crippen LogP contribution in [0.15, 0.2) is 41.2 Å². The van der Waals surface area contributed by atoms with Gasteiger partial charge in [-0.25, -0.2) is 8.78 Å². The Hall–Kier alpha value is -2.35. The number of hydrogen-bond donors (Lipinski definition) is 2. The molecule has 0 spiro atoms. The van der Waals surface area contributed by atoms with E-state index in [4.69, 9.17) is 0 Å². The number of aromatic nitrogens is 1. The standard InChI is InChI=1S/C25H29F2N3OS/c1-3-18-12-23(16(2)29-25(18)31)24-5-4-22(32-24)14-28-21-6-8-30(9-7-21)15-17-10-19(26)13-20(27)11-17/h4-5,10-13,21,28H,3,6-9,14-15H2,1-2H3,(H,29,31). The molecule has 0 saturated carbocycles. The lowest BCUT2D eigenvalue weighted by molar-refractivity contribution is 0.190. The zero-order valence-electron chi connectivity index (χ0n) is 18.5. The summed E-state index contributed by atoms with van der Waals surface area (Å²) in [7, 11) is 0. The highest BCUT2D eigenvalue weighted by Crippen LogP contribution is 2.30. The molecular formula is C25H29F2N3OS. The third-order valence-electron chi connectivity index (χ3n) is 6.10. The number of hydrogen-bond acceptors (Lipinski definition) is 4. The quantitative estimate of drug-likeness (QED) is 0.525. The predicted molar refractivity (Wildman–Crippen MR) is 126 cm³/mol. The molecule has 0 amide bonds. The third kappa shape index (κ3) is 5.52. The SMILES string of the molecule is CCc1cc(-c2ccc(CNC3CCN(Cc4cc(F)cc(F)c4)CC3)s2)c(C)[nH]c1=O. The van der Waals surface area contributed by atoms with Crippen molar-refractivity contribution in [3.63, 3.8) is 0 Å². The van der Waals surface area contributed by atoms with Crippen molar-refractivity contribution in [2.75, 3.05) is 13.1 Å². The molecule has 0 atom stereocenters. The minimum absolute atomic E-state index is 0.000993. The van der Waals surface area contributed by atoms with Crippen LogP contribution in [-0.4, -0.2) is 29.0 Å². The van der Waals surface area contributed by atoms with Gasteiger partial charge in [0.2, 0.25) is 0 Å². The van der Waals surface area contributed by atoms with Crippen molar-refractivity contribution in [1.82, 2.24) is 15.2 Å². The molecule has 1 aliphatic rings. The summed E-state index contributed by atoms with van der Waals surface area (Å²) in [5, 5.41) is 3.66. The van der Waals surface area contributed by atoms with Crippen molar-refractivity contribution in [1.29, 1.82) is 0 Å². The molecule has 32 heavy (non-hydrogen) atoms. The Morgan fingerprint density at radius 3 is 2.53 bits per heavy atom. The van der Waals surface area contributed by atoms with Gasteiger partial charge in [0.15, 0.2) is 0 Å². The Balaban J connectivity index is 1.29. The highest BCUT2D eigenvalue weighted by molar-refractivity contribution is 7.15. The van der Waals surface area contributed by atoms with E-state index in [1.807, 2.05) is 19.9 Å². The summed E-state index contributed by atoms with van der Waals surface area (Å²) in [5.74, 6) is -1.04. The summed E-state index contributed by atoms with van der Waals surface area (Å²) in [6.45, 7) is 7.14. The highest BCUT2D eigenvalue weighted by Gasteiger charge is 2.19. The van der Waals surface area contributed by atoms with E-state index in [0.29, 0.717) is 18.2 Å². The van der Waals surface area contributed by atoms with Crippen molar-refractivity contribution in [3.05, 3.63) is 80.1 Å². The number of aromatic amines is 1. The second-order valence-electron chi connectivity index (χ2n) is 8.49. The van der Waals surface area contributed by atoms with E-state index in [-0.39, 0.29) is 5.56 Å². The molecule has 170 valence electrons. The van der Waals surface area contributed by atoms with Gasteiger partial charge in [-0.2, -0.15) is 0 Å². The van der Waals surface area contributed by atoms with Gasteiger partial charge in [-0.1, -0.05) is 6.92 Å². The molecular weight excluding hydrogens is 428 g/mol. The highest BCUT2D eigenvalue weighted by atomic mass is 32.1. The topological polar surface area (TPSA) is 48.1 Å². The molecule has 3 heterocycles. The molecule has 1 saturated heterocycles. The van der Waals surface area contributed by atoms with E-state index in [1.165, 1.54) is 21.9 Å². The molecule has 0 radical (unpaired) electrons. The molecule has 1 aliphatic heterocycles. The zero-order valence-corrected chi connectivity index (χ0v) is 19.3. The van der Waals surface area contributed by atoms with Crippen LogP contribution in [0.4, 0.5) is 8.78 Å². The Morgan fingerprint density at radius 2 is 1.84 bits per heavy atom. The van der Waals surface area contributed by atoms with Gasteiger partial charge in [-0.05, 0) is 75.2 Å². The van der Waals surface area contributed by atoms with Crippen molar-refractivity contribution in [2.45, 2.75) is 52.2 Å². The van der Waals surface area contributed by atoms with Gasteiger partial charge in [0, 0.05) is 51.8 Å². The molecule has 0 unspecified atom stereocenters. The largest absolute Gasteiger partial charge is 0.326 e. The molecule has 0 bridgehead atoms. The van der Waals surface area contributed by atoms with Crippen molar-refractivity contribution >= 4 is 11.3 Å². The van der Waals surface area contributed by atoms with Crippen LogP contribution in [-0.2, 0) is 19.5 Å². The number of pyridine rings is 1. The monoisotopic (exact) mass is 457 g/mol. The van der Waals surface area contributed by atoms with Crippen LogP contribution in [0.1, 0.15) is 41.5 Å². The lowest BCUT2D eigenvalue weighted by Gasteiger charge is -2.32. The Bertz CT molecular complexity index is 1110. The van der Waals surface area contributed by atoms with Crippen LogP contribution >= 0.6 is 11.3 Å². The first-order chi connectivity index (χ1) is 15.4. The molecule has 7 heteroatoms. The van der Waals surface area contributed by atoms with E-state index in [9.17, 15) is 13.6 Å². The summed E-state index contributed by atoms with van der Waals surface area (Å²) in [5.41, 5.74) is 3.50. The number of thiophene rings is 1. The van der Waals surface area contributed by atoms with E-state index < -0.39 is 11.6 Å². The molecule has 3 aromatic rings. The smallest absolute Gasteiger partial charge is 0.251 e. The van der Waals surface area contributed by atoms with E-state index in [1.54, 1.807) is 11.3 Å². The zero-order chi connectivity index (χ0) is 22.7. The van der Waals surface area contributed by atoms with Gasteiger partial charge in [0.1, 0.15) is 11.6 Å². The number of H-pyrrole nitrogens is 1. The van der Waals surface area contributed by atoms with Gasteiger partial charge in [0.05, 0.1) is 0 Å². The molecule has 2 N–H and O–H groups in total. The first kappa shape index (κ1) is 22.8. The van der Waals surface area contributed by atoms with Crippen molar-refractivity contribution < 1.29 is 8.78 Å². The summed E-state index contributed by atoms with van der Waals surface area (Å²) >= 11 is 1.75. The van der Waals surface area contributed by atoms with Gasteiger partial charge >= 0.3 is 0 Å². The fourth-order valence-corrected chi connectivity index (χ4v) is 5.33. The molecule has 0 aliphatic carbocycles. The average Bonchev–Trinajstić information content (AvgIpc) is 3.21. The minimum atomic E-state index is -0.519. The fourth-order valence-electron chi connectivity index (χ4n) is 4.30. The lowest BCUT2D eigenvalue weighted by atomic mass is 10.0. The normalized spacial score (nSPS) is 15.4. The molecule has 2 aromatic heterocycles. The van der Waals surface area contributed by atoms with E-state index in [2.05, 4.69) is 27.3 Å². The third-order valence-corrected chi connectivity index (χ3v) is 7.22. The number of benzene rings is 1. The second kappa shape index (κ2) is 10.1. The number of halogens is 2. The molecule has 4 nitrogen and oxygen atoms in total. The van der Waals surface area contributed by atoms with E-state index >= 15 is 0 Å². The molecule has 1 aromatic carbocycles. The maximum absolute atomic E-state index is 13.4. The van der Waals surface area contributed by atoms with Gasteiger partial charge in [0.25, 0.3) is 5.56 Å². The van der Waals surface area contributed by atoms with Gasteiger partial charge in [-0.15, -0.1) is 11.3 Å². The Labute approximate surface area is 191 Å². The Kier molecular flexibility index (Phi) is 7.18. The number of nitrogens with zero attached hydrogens (tertiary/aromatic N) is 1. The summed E-state index contributed by atoms with van der Waals surface area (Å²) in [4.78, 5) is 19.6. The van der Waals surface area contributed by atoms with Crippen LogP contribution < -0.4 is 10.9 Å². The summed E-state index contributed by atoms with van der Waals surface area (Å²) in [6.07, 6.45) is 2.74. The van der Waals surface area contributed by atoms with Gasteiger partial charge in [-0.3, -0.25) is 9.69 Å². The van der Waals surface area contributed by atoms with Crippen LogP contribution in [0, 0.1) is 18.6 Å². The van der Waals surface area contributed by atoms with Crippen LogP contribution in [0.25, 0.3) is 10.4 Å². The second-order valence-corrected chi connectivity index (χ2v) is 9.66. The van der Waals surface area contributed by atoms with E-state index in [0.717, 1.165) is 61.8 Å². The van der Waals surface area contributed by atoms with Crippen molar-refractivity contribution in [2.24, 2.45) is 0 Å². The Morgan fingerprint density at radius 1 is 1.12 bits per heavy atom. The maximum Gasteiger partial charge on any atom is 0.251 e. The minimum Gasteiger partial charge on any atom is -0.326 e.